The Morgan fingerprint density at radius 2 is 1.53 bits per heavy atom. The van der Waals surface area contributed by atoms with Crippen LogP contribution in [0, 0.1) is 0 Å². The molecule has 3 aromatic carbocycles. The van der Waals surface area contributed by atoms with Crippen molar-refractivity contribution in [1.82, 2.24) is 0 Å². The quantitative estimate of drug-likeness (QED) is 0.495. The summed E-state index contributed by atoms with van der Waals surface area (Å²) < 4.78 is 0. The highest BCUT2D eigenvalue weighted by molar-refractivity contribution is 8.01. The van der Waals surface area contributed by atoms with E-state index in [0.29, 0.717) is 17.7 Å². The molecular weight excluding hydrogens is 396 g/mol. The summed E-state index contributed by atoms with van der Waals surface area (Å²) in [6, 6.07) is 20.5. The third kappa shape index (κ3) is 5.70. The van der Waals surface area contributed by atoms with Crippen molar-refractivity contribution in [3.05, 3.63) is 72.3 Å². The second-order valence-corrected chi connectivity index (χ2v) is 8.13. The zero-order chi connectivity index (χ0) is 21.5. The Hall–Kier alpha value is -3.12. The Balaban J connectivity index is 1.53. The average molecular weight is 421 g/mol. The molecule has 0 aromatic heterocycles. The van der Waals surface area contributed by atoms with Gasteiger partial charge in [0.25, 0.3) is 0 Å². The van der Waals surface area contributed by atoms with Crippen LogP contribution in [0.2, 0.25) is 0 Å². The van der Waals surface area contributed by atoms with E-state index < -0.39 is 0 Å². The van der Waals surface area contributed by atoms with E-state index in [-0.39, 0.29) is 28.6 Å². The Morgan fingerprint density at radius 3 is 2.20 bits per heavy atom. The number of nitrogens with one attached hydrogen (secondary N) is 2. The number of ketones is 1. The highest BCUT2D eigenvalue weighted by Crippen LogP contribution is 2.21. The normalized spacial score (nSPS) is 11.7. The first-order valence-electron chi connectivity index (χ1n) is 9.78. The summed E-state index contributed by atoms with van der Waals surface area (Å²) in [5.74, 6) is -0.140. The summed E-state index contributed by atoms with van der Waals surface area (Å²) in [6.07, 6.45) is 0.602. The van der Waals surface area contributed by atoms with Gasteiger partial charge in [-0.15, -0.1) is 11.8 Å². The molecule has 0 heterocycles. The van der Waals surface area contributed by atoms with Crippen molar-refractivity contribution >= 4 is 51.5 Å². The van der Waals surface area contributed by atoms with Gasteiger partial charge in [0.15, 0.2) is 5.78 Å². The molecule has 0 saturated carbocycles. The van der Waals surface area contributed by atoms with Crippen molar-refractivity contribution in [1.29, 1.82) is 0 Å². The largest absolute Gasteiger partial charge is 0.325 e. The fourth-order valence-corrected chi connectivity index (χ4v) is 3.90. The monoisotopic (exact) mass is 420 g/mol. The first-order chi connectivity index (χ1) is 14.5. The van der Waals surface area contributed by atoms with E-state index in [1.807, 2.05) is 49.4 Å². The van der Waals surface area contributed by atoms with Crippen molar-refractivity contribution in [3.63, 3.8) is 0 Å². The van der Waals surface area contributed by atoms with Gasteiger partial charge in [-0.1, -0.05) is 37.3 Å². The molecule has 0 bridgehead atoms. The van der Waals surface area contributed by atoms with Gasteiger partial charge in [-0.05, 0) is 60.5 Å². The fourth-order valence-electron chi connectivity index (χ4n) is 3.03. The lowest BCUT2D eigenvalue weighted by molar-refractivity contribution is -0.115. The number of amides is 2. The van der Waals surface area contributed by atoms with Crippen LogP contribution in [0.3, 0.4) is 0 Å². The molecule has 1 atom stereocenters. The number of rotatable bonds is 8. The summed E-state index contributed by atoms with van der Waals surface area (Å²) in [7, 11) is 0. The van der Waals surface area contributed by atoms with E-state index in [2.05, 4.69) is 10.6 Å². The second-order valence-electron chi connectivity index (χ2n) is 6.94. The number of thioether (sulfide) groups is 1. The van der Waals surface area contributed by atoms with Crippen molar-refractivity contribution in [2.45, 2.75) is 25.5 Å². The molecule has 0 unspecified atom stereocenters. The molecule has 0 aliphatic heterocycles. The highest BCUT2D eigenvalue weighted by atomic mass is 32.2. The number of hydrogen-bond donors (Lipinski definition) is 2. The van der Waals surface area contributed by atoms with Gasteiger partial charge in [0, 0.05) is 16.9 Å². The van der Waals surface area contributed by atoms with Crippen LogP contribution < -0.4 is 10.6 Å². The van der Waals surface area contributed by atoms with Crippen molar-refractivity contribution < 1.29 is 14.4 Å². The molecule has 2 amide bonds. The molecule has 30 heavy (non-hydrogen) atoms. The third-order valence-electron chi connectivity index (χ3n) is 4.67. The highest BCUT2D eigenvalue weighted by Gasteiger charge is 2.19. The van der Waals surface area contributed by atoms with Crippen LogP contribution in [-0.4, -0.2) is 28.6 Å². The second kappa shape index (κ2) is 10.1. The number of fused-ring (bicyclic) bond motifs is 1. The van der Waals surface area contributed by atoms with Crippen LogP contribution in [-0.2, 0) is 9.59 Å². The van der Waals surface area contributed by atoms with Crippen molar-refractivity contribution in [2.75, 3.05) is 16.4 Å². The van der Waals surface area contributed by atoms with Crippen LogP contribution in [0.4, 0.5) is 11.4 Å². The molecule has 6 heteroatoms. The van der Waals surface area contributed by atoms with Crippen LogP contribution in [0.25, 0.3) is 10.8 Å². The van der Waals surface area contributed by atoms with E-state index in [1.165, 1.54) is 18.7 Å². The van der Waals surface area contributed by atoms with Gasteiger partial charge in [0.05, 0.1) is 11.0 Å². The molecule has 3 rings (SSSR count). The lowest BCUT2D eigenvalue weighted by atomic mass is 10.1. The molecule has 0 spiro atoms. The van der Waals surface area contributed by atoms with Gasteiger partial charge >= 0.3 is 0 Å². The van der Waals surface area contributed by atoms with Gasteiger partial charge in [-0.25, -0.2) is 0 Å². The molecule has 0 aliphatic rings. The molecule has 0 fully saturated rings. The summed E-state index contributed by atoms with van der Waals surface area (Å²) in [6.45, 7) is 3.41. The van der Waals surface area contributed by atoms with Crippen molar-refractivity contribution in [3.8, 4) is 0 Å². The van der Waals surface area contributed by atoms with Crippen LogP contribution in [0.5, 0.6) is 0 Å². The zero-order valence-electron chi connectivity index (χ0n) is 17.0. The van der Waals surface area contributed by atoms with Gasteiger partial charge < -0.3 is 10.6 Å². The minimum Gasteiger partial charge on any atom is -0.325 e. The molecule has 0 aliphatic carbocycles. The minimum atomic E-state index is -0.347. The molecular formula is C24H24N2O3S. The van der Waals surface area contributed by atoms with E-state index in [1.54, 1.807) is 24.3 Å². The number of carbonyl (C=O) groups is 3. The summed E-state index contributed by atoms with van der Waals surface area (Å²) in [4.78, 5) is 36.3. The molecule has 0 radical (unpaired) electrons. The Labute approximate surface area is 180 Å². The number of benzene rings is 3. The Morgan fingerprint density at radius 1 is 0.867 bits per heavy atom. The van der Waals surface area contributed by atoms with Gasteiger partial charge in [-0.3, -0.25) is 14.4 Å². The zero-order valence-corrected chi connectivity index (χ0v) is 17.8. The van der Waals surface area contributed by atoms with Crippen LogP contribution in [0.15, 0.2) is 66.7 Å². The van der Waals surface area contributed by atoms with Crippen molar-refractivity contribution in [2.24, 2.45) is 0 Å². The lowest BCUT2D eigenvalue weighted by Crippen LogP contribution is -2.26. The lowest BCUT2D eigenvalue weighted by Gasteiger charge is -2.15. The molecule has 3 aromatic rings. The molecule has 5 nitrogen and oxygen atoms in total. The molecule has 2 N–H and O–H groups in total. The Bertz CT molecular complexity index is 1060. The van der Waals surface area contributed by atoms with Gasteiger partial charge in [0.1, 0.15) is 0 Å². The van der Waals surface area contributed by atoms with Crippen LogP contribution in [0.1, 0.15) is 30.6 Å². The van der Waals surface area contributed by atoms with E-state index in [9.17, 15) is 14.4 Å². The minimum absolute atomic E-state index is 0.0210. The number of hydrogen-bond acceptors (Lipinski definition) is 4. The maximum Gasteiger partial charge on any atom is 0.237 e. The summed E-state index contributed by atoms with van der Waals surface area (Å²) in [5, 5.41) is 7.57. The van der Waals surface area contributed by atoms with Gasteiger partial charge in [0.2, 0.25) is 11.8 Å². The van der Waals surface area contributed by atoms with E-state index >= 15 is 0 Å². The topological polar surface area (TPSA) is 75.3 Å². The summed E-state index contributed by atoms with van der Waals surface area (Å²) >= 11 is 1.31. The molecule has 154 valence electrons. The fraction of sp³-hybridized carbons (Fsp3) is 0.208. The van der Waals surface area contributed by atoms with Crippen LogP contribution >= 0.6 is 11.8 Å². The molecule has 0 saturated heterocycles. The van der Waals surface area contributed by atoms with E-state index in [0.717, 1.165) is 16.5 Å². The first kappa shape index (κ1) is 21.6. The van der Waals surface area contributed by atoms with E-state index in [4.69, 9.17) is 0 Å². The predicted molar refractivity (Wildman–Crippen MR) is 124 cm³/mol. The maximum atomic E-state index is 12.5. The number of anilines is 2. The SMILES string of the molecule is CC[C@@H](SCC(=O)Nc1ccc2ccccc2c1)C(=O)Nc1ccc(C(C)=O)cc1. The first-order valence-corrected chi connectivity index (χ1v) is 10.8. The number of Topliss-reactive ketones (excluding diaryl/α,β-unsaturated/α-hetero) is 1. The summed E-state index contributed by atoms with van der Waals surface area (Å²) in [5.41, 5.74) is 1.96. The standard InChI is InChI=1S/C24H24N2O3S/c1-3-22(24(29)26-20-11-8-17(9-12-20)16(2)27)30-15-23(28)25-21-13-10-18-6-4-5-7-19(18)14-21/h4-14,22H,3,15H2,1-2H3,(H,25,28)(H,26,29)/t22-/m1/s1. The van der Waals surface area contributed by atoms with Gasteiger partial charge in [-0.2, -0.15) is 0 Å². The smallest absolute Gasteiger partial charge is 0.237 e. The third-order valence-corrected chi connectivity index (χ3v) is 6.05. The predicted octanol–water partition coefficient (Wildman–Crippen LogP) is 5.13. The number of carbonyl (C=O) groups excluding carboxylic acids is 3. The average Bonchev–Trinajstić information content (AvgIpc) is 2.74. The maximum absolute atomic E-state index is 12.5. The Kier molecular flexibility index (Phi) is 7.25.